The predicted octanol–water partition coefficient (Wildman–Crippen LogP) is 4.23. The van der Waals surface area contributed by atoms with Crippen molar-refractivity contribution in [1.82, 2.24) is 9.47 Å². The number of nitrogens with zero attached hydrogens (tertiary/aromatic N) is 2. The smallest absolute Gasteiger partial charge is 0.0860 e. The summed E-state index contributed by atoms with van der Waals surface area (Å²) in [4.78, 5) is 13.5. The van der Waals surface area contributed by atoms with E-state index in [9.17, 15) is 9.90 Å². The van der Waals surface area contributed by atoms with Crippen molar-refractivity contribution in [3.63, 3.8) is 0 Å². The number of carbonyl (C=O) groups excluding carboxylic acids is 1. The number of piperidine rings is 1. The lowest BCUT2D eigenvalue weighted by molar-refractivity contribution is -0.304. The number of hydrogen-bond donors (Lipinski definition) is 0. The molecular formula is C23H23BrClN2O2-. The fourth-order valence-electron chi connectivity index (χ4n) is 4.26. The molecule has 0 aliphatic carbocycles. The predicted molar refractivity (Wildman–Crippen MR) is 118 cm³/mol. The monoisotopic (exact) mass is 473 g/mol. The summed E-state index contributed by atoms with van der Waals surface area (Å²) in [6, 6.07) is 16.4. The summed E-state index contributed by atoms with van der Waals surface area (Å²) in [5, 5.41) is 12.9. The van der Waals surface area contributed by atoms with Gasteiger partial charge in [0.15, 0.2) is 0 Å². The third-order valence-corrected chi connectivity index (χ3v) is 6.76. The molecule has 4 rings (SSSR count). The van der Waals surface area contributed by atoms with Crippen LogP contribution in [0.1, 0.15) is 30.0 Å². The molecule has 4 nitrogen and oxygen atoms in total. The number of carboxylic acids is 1. The first-order chi connectivity index (χ1) is 14.0. The first-order valence-corrected chi connectivity index (χ1v) is 11.1. The lowest BCUT2D eigenvalue weighted by atomic mass is 10.0. The molecule has 29 heavy (non-hydrogen) atoms. The van der Waals surface area contributed by atoms with Crippen LogP contribution in [0.4, 0.5) is 0 Å². The van der Waals surface area contributed by atoms with Crippen LogP contribution in [-0.2, 0) is 17.6 Å². The number of fused-ring (bicyclic) bond motifs is 1. The molecule has 0 saturated carbocycles. The van der Waals surface area contributed by atoms with E-state index < -0.39 is 5.97 Å². The molecule has 1 aliphatic heterocycles. The van der Waals surface area contributed by atoms with Crippen molar-refractivity contribution < 1.29 is 9.90 Å². The zero-order chi connectivity index (χ0) is 20.4. The van der Waals surface area contributed by atoms with E-state index in [-0.39, 0.29) is 6.42 Å². The number of aromatic nitrogens is 1. The van der Waals surface area contributed by atoms with Gasteiger partial charge in [0.25, 0.3) is 0 Å². The molecule has 0 N–H and O–H groups in total. The number of halogens is 2. The van der Waals surface area contributed by atoms with E-state index >= 15 is 0 Å². The van der Waals surface area contributed by atoms with E-state index in [4.69, 9.17) is 11.6 Å². The Kier molecular flexibility index (Phi) is 6.28. The number of likely N-dealkylation sites (tertiary alicyclic amines) is 1. The highest BCUT2D eigenvalue weighted by atomic mass is 79.9. The van der Waals surface area contributed by atoms with Crippen LogP contribution in [0.15, 0.2) is 53.1 Å². The van der Waals surface area contributed by atoms with E-state index in [0.717, 1.165) is 65.0 Å². The molecule has 0 atom stereocenters. The zero-order valence-corrected chi connectivity index (χ0v) is 18.5. The maximum absolute atomic E-state index is 11.0. The summed E-state index contributed by atoms with van der Waals surface area (Å²) in [6.45, 7) is 3.10. The third-order valence-electron chi connectivity index (χ3n) is 5.79. The van der Waals surface area contributed by atoms with Crippen molar-refractivity contribution in [3.05, 3.63) is 69.3 Å². The minimum atomic E-state index is -1.05. The van der Waals surface area contributed by atoms with Gasteiger partial charge in [-0.15, -0.1) is 0 Å². The molecule has 1 fully saturated rings. The van der Waals surface area contributed by atoms with Crippen LogP contribution < -0.4 is 5.11 Å². The summed E-state index contributed by atoms with van der Waals surface area (Å²) in [7, 11) is 0. The van der Waals surface area contributed by atoms with E-state index in [0.29, 0.717) is 6.04 Å². The highest BCUT2D eigenvalue weighted by Gasteiger charge is 2.23. The van der Waals surface area contributed by atoms with E-state index in [2.05, 4.69) is 37.5 Å². The molecule has 1 aliphatic rings. The van der Waals surface area contributed by atoms with Gasteiger partial charge in [0, 0.05) is 54.0 Å². The van der Waals surface area contributed by atoms with Crippen LogP contribution in [0.5, 0.6) is 0 Å². The Balaban J connectivity index is 1.44. The molecule has 0 bridgehead atoms. The second-order valence-electron chi connectivity index (χ2n) is 7.69. The average molecular weight is 475 g/mol. The van der Waals surface area contributed by atoms with Crippen LogP contribution in [0.25, 0.3) is 10.9 Å². The van der Waals surface area contributed by atoms with Crippen molar-refractivity contribution in [2.75, 3.05) is 19.6 Å². The van der Waals surface area contributed by atoms with Gasteiger partial charge in [0.1, 0.15) is 0 Å². The Morgan fingerprint density at radius 3 is 2.62 bits per heavy atom. The average Bonchev–Trinajstić information content (AvgIpc) is 3.02. The maximum atomic E-state index is 11.0. The Bertz CT molecular complexity index is 1020. The maximum Gasteiger partial charge on any atom is 0.0860 e. The number of carboxylic acid groups (broad SMARTS) is 1. The molecule has 0 spiro atoms. The Morgan fingerprint density at radius 1 is 1.14 bits per heavy atom. The summed E-state index contributed by atoms with van der Waals surface area (Å²) >= 11 is 9.99. The molecule has 1 saturated heterocycles. The Morgan fingerprint density at radius 2 is 1.90 bits per heavy atom. The summed E-state index contributed by atoms with van der Waals surface area (Å²) < 4.78 is 3.37. The molecule has 0 radical (unpaired) electrons. The van der Waals surface area contributed by atoms with Gasteiger partial charge in [0.2, 0.25) is 0 Å². The van der Waals surface area contributed by atoms with Gasteiger partial charge in [-0.3, -0.25) is 0 Å². The molecule has 6 heteroatoms. The minimum absolute atomic E-state index is 0.0563. The van der Waals surface area contributed by atoms with Crippen LogP contribution in [0, 0.1) is 0 Å². The van der Waals surface area contributed by atoms with Gasteiger partial charge in [-0.05, 0) is 64.5 Å². The van der Waals surface area contributed by atoms with Crippen molar-refractivity contribution in [2.24, 2.45) is 0 Å². The van der Waals surface area contributed by atoms with Crippen LogP contribution in [-0.4, -0.2) is 35.1 Å². The van der Waals surface area contributed by atoms with Gasteiger partial charge in [-0.1, -0.05) is 41.9 Å². The largest absolute Gasteiger partial charge is 0.550 e. The normalized spacial score (nSPS) is 15.8. The van der Waals surface area contributed by atoms with Gasteiger partial charge >= 0.3 is 0 Å². The second-order valence-corrected chi connectivity index (χ2v) is 8.91. The fourth-order valence-corrected chi connectivity index (χ4v) is 5.22. The quantitative estimate of drug-likeness (QED) is 0.537. The molecule has 3 aromatic rings. The van der Waals surface area contributed by atoms with Crippen molar-refractivity contribution in [1.29, 1.82) is 0 Å². The Labute approximate surface area is 184 Å². The first kappa shape index (κ1) is 20.5. The second kappa shape index (κ2) is 8.90. The van der Waals surface area contributed by atoms with Crippen LogP contribution in [0.2, 0.25) is 5.02 Å². The lowest BCUT2D eigenvalue weighted by Gasteiger charge is -2.33. The first-order valence-electron chi connectivity index (χ1n) is 9.96. The summed E-state index contributed by atoms with van der Waals surface area (Å²) in [6.07, 6.45) is 3.04. The summed E-state index contributed by atoms with van der Waals surface area (Å²) in [5.74, 6) is -1.05. The van der Waals surface area contributed by atoms with E-state index in [1.807, 2.05) is 36.4 Å². The Hall–Kier alpha value is -1.82. The fraction of sp³-hybridized carbons (Fsp3) is 0.348. The SMILES string of the molecule is O=C([O-])Cc1ccc2cc(Br)n(C3CCN(CCc4ccccc4Cl)CC3)c2c1. The molecule has 2 heterocycles. The van der Waals surface area contributed by atoms with E-state index in [1.54, 1.807) is 0 Å². The zero-order valence-electron chi connectivity index (χ0n) is 16.1. The third kappa shape index (κ3) is 4.68. The van der Waals surface area contributed by atoms with Crippen molar-refractivity contribution in [3.8, 4) is 0 Å². The summed E-state index contributed by atoms with van der Waals surface area (Å²) in [5.41, 5.74) is 3.07. The number of benzene rings is 2. The van der Waals surface area contributed by atoms with Gasteiger partial charge < -0.3 is 19.4 Å². The number of hydrogen-bond acceptors (Lipinski definition) is 3. The standard InChI is InChI=1S/C23H24BrClN2O2/c24-22-15-18-6-5-16(14-23(28)29)13-21(18)27(22)19-8-11-26(12-9-19)10-7-17-3-1-2-4-20(17)25/h1-6,13,15,19H,7-12,14H2,(H,28,29)/p-1. The number of aliphatic carboxylic acids is 1. The molecule has 0 unspecified atom stereocenters. The van der Waals surface area contributed by atoms with Gasteiger partial charge in [0.05, 0.1) is 4.60 Å². The molecule has 0 amide bonds. The van der Waals surface area contributed by atoms with E-state index in [1.165, 1.54) is 5.56 Å². The van der Waals surface area contributed by atoms with Crippen molar-refractivity contribution in [2.45, 2.75) is 31.7 Å². The van der Waals surface area contributed by atoms with Crippen LogP contribution >= 0.6 is 27.5 Å². The van der Waals surface area contributed by atoms with Crippen LogP contribution in [0.3, 0.4) is 0 Å². The molecular weight excluding hydrogens is 452 g/mol. The highest BCUT2D eigenvalue weighted by molar-refractivity contribution is 9.10. The number of carbonyl (C=O) groups is 1. The molecule has 1 aromatic heterocycles. The minimum Gasteiger partial charge on any atom is -0.550 e. The van der Waals surface area contributed by atoms with Gasteiger partial charge in [-0.25, -0.2) is 0 Å². The van der Waals surface area contributed by atoms with Crippen molar-refractivity contribution >= 4 is 44.4 Å². The topological polar surface area (TPSA) is 48.3 Å². The lowest BCUT2D eigenvalue weighted by Crippen LogP contribution is -2.36. The molecule has 2 aromatic carbocycles. The molecule has 152 valence electrons. The van der Waals surface area contributed by atoms with Gasteiger partial charge in [-0.2, -0.15) is 0 Å². The highest BCUT2D eigenvalue weighted by Crippen LogP contribution is 2.33. The number of rotatable bonds is 6.